The van der Waals surface area contributed by atoms with E-state index in [0.717, 1.165) is 18.7 Å². The SMILES string of the molecule is CCOC(C)(C)CN1Cc2ccccc2C1=N. The maximum Gasteiger partial charge on any atom is 0.128 e. The topological polar surface area (TPSA) is 36.3 Å². The molecule has 0 aromatic heterocycles. The highest BCUT2D eigenvalue weighted by molar-refractivity contribution is 6.00. The van der Waals surface area contributed by atoms with Crippen molar-refractivity contribution in [3.8, 4) is 0 Å². The zero-order chi connectivity index (χ0) is 12.5. The molecule has 3 heteroatoms. The maximum atomic E-state index is 8.17. The van der Waals surface area contributed by atoms with Crippen molar-refractivity contribution in [2.75, 3.05) is 13.2 Å². The van der Waals surface area contributed by atoms with E-state index in [1.807, 2.05) is 25.1 Å². The zero-order valence-corrected chi connectivity index (χ0v) is 10.8. The standard InChI is InChI=1S/C14H20N2O/c1-4-17-14(2,3)10-16-9-11-7-5-6-8-12(11)13(16)15/h5-8,15H,4,9-10H2,1-3H3. The molecular weight excluding hydrogens is 212 g/mol. The van der Waals surface area contributed by atoms with Gasteiger partial charge in [-0.05, 0) is 26.3 Å². The van der Waals surface area contributed by atoms with E-state index >= 15 is 0 Å². The first-order valence-electron chi connectivity index (χ1n) is 6.09. The van der Waals surface area contributed by atoms with E-state index in [1.54, 1.807) is 0 Å². The van der Waals surface area contributed by atoms with Crippen LogP contribution in [0.25, 0.3) is 0 Å². The second kappa shape index (κ2) is 4.49. The number of nitrogens with zero attached hydrogens (tertiary/aromatic N) is 1. The van der Waals surface area contributed by atoms with Crippen LogP contribution in [-0.2, 0) is 11.3 Å². The molecule has 1 N–H and O–H groups in total. The third-order valence-corrected chi connectivity index (χ3v) is 3.06. The van der Waals surface area contributed by atoms with Crippen LogP contribution in [0.4, 0.5) is 0 Å². The third kappa shape index (κ3) is 2.50. The highest BCUT2D eigenvalue weighted by Gasteiger charge is 2.29. The molecule has 1 aromatic carbocycles. The fourth-order valence-electron chi connectivity index (χ4n) is 2.38. The van der Waals surface area contributed by atoms with Crippen LogP contribution in [0.2, 0.25) is 0 Å². The molecule has 2 rings (SSSR count). The normalized spacial score (nSPS) is 15.2. The van der Waals surface area contributed by atoms with Gasteiger partial charge in [-0.2, -0.15) is 0 Å². The lowest BCUT2D eigenvalue weighted by atomic mass is 10.1. The molecule has 0 radical (unpaired) electrons. The molecular formula is C14H20N2O. The average molecular weight is 232 g/mol. The number of nitrogens with one attached hydrogen (secondary N) is 1. The van der Waals surface area contributed by atoms with Crippen molar-refractivity contribution < 1.29 is 4.74 Å². The van der Waals surface area contributed by atoms with Gasteiger partial charge in [0.05, 0.1) is 5.60 Å². The van der Waals surface area contributed by atoms with Crippen LogP contribution in [-0.4, -0.2) is 29.5 Å². The van der Waals surface area contributed by atoms with Crippen LogP contribution in [0.15, 0.2) is 24.3 Å². The first-order chi connectivity index (χ1) is 8.03. The van der Waals surface area contributed by atoms with Gasteiger partial charge in [-0.3, -0.25) is 5.41 Å². The Labute approximate surface area is 103 Å². The Morgan fingerprint density at radius 3 is 2.71 bits per heavy atom. The summed E-state index contributed by atoms with van der Waals surface area (Å²) >= 11 is 0. The van der Waals surface area contributed by atoms with Crippen molar-refractivity contribution in [1.82, 2.24) is 4.90 Å². The second-order valence-corrected chi connectivity index (χ2v) is 5.05. The fraction of sp³-hybridized carbons (Fsp3) is 0.500. The number of fused-ring (bicyclic) bond motifs is 1. The van der Waals surface area contributed by atoms with Gasteiger partial charge in [0.1, 0.15) is 5.84 Å². The number of hydrogen-bond acceptors (Lipinski definition) is 2. The molecule has 0 fully saturated rings. The molecule has 0 amide bonds. The van der Waals surface area contributed by atoms with E-state index in [4.69, 9.17) is 10.1 Å². The van der Waals surface area contributed by atoms with E-state index in [2.05, 4.69) is 24.8 Å². The lowest BCUT2D eigenvalue weighted by Gasteiger charge is -2.31. The van der Waals surface area contributed by atoms with E-state index in [9.17, 15) is 0 Å². The Kier molecular flexibility index (Phi) is 3.20. The number of rotatable bonds is 4. The highest BCUT2D eigenvalue weighted by atomic mass is 16.5. The van der Waals surface area contributed by atoms with E-state index in [1.165, 1.54) is 5.56 Å². The summed E-state index contributed by atoms with van der Waals surface area (Å²) in [6.45, 7) is 8.45. The smallest absolute Gasteiger partial charge is 0.128 e. The van der Waals surface area contributed by atoms with Crippen LogP contribution in [0.3, 0.4) is 0 Å². The molecule has 0 saturated carbocycles. The van der Waals surface area contributed by atoms with Crippen molar-refractivity contribution in [3.05, 3.63) is 35.4 Å². The van der Waals surface area contributed by atoms with Gasteiger partial charge in [-0.15, -0.1) is 0 Å². The first-order valence-corrected chi connectivity index (χ1v) is 6.09. The quantitative estimate of drug-likeness (QED) is 0.866. The molecule has 1 aliphatic heterocycles. The minimum absolute atomic E-state index is 0.205. The maximum absolute atomic E-state index is 8.17. The van der Waals surface area contributed by atoms with Gasteiger partial charge in [0, 0.05) is 25.3 Å². The second-order valence-electron chi connectivity index (χ2n) is 5.05. The molecule has 0 atom stereocenters. The number of hydrogen-bond donors (Lipinski definition) is 1. The number of amidine groups is 1. The summed E-state index contributed by atoms with van der Waals surface area (Å²) < 4.78 is 5.70. The van der Waals surface area contributed by atoms with Crippen molar-refractivity contribution in [2.45, 2.75) is 32.9 Å². The minimum Gasteiger partial charge on any atom is -0.374 e. The predicted molar refractivity (Wildman–Crippen MR) is 69.4 cm³/mol. The summed E-state index contributed by atoms with van der Waals surface area (Å²) in [4.78, 5) is 2.08. The average Bonchev–Trinajstić information content (AvgIpc) is 2.56. The van der Waals surface area contributed by atoms with Crippen LogP contribution in [0.1, 0.15) is 31.9 Å². The Balaban J connectivity index is 2.10. The Hall–Kier alpha value is -1.35. The van der Waals surface area contributed by atoms with Crippen LogP contribution in [0.5, 0.6) is 0 Å². The Morgan fingerprint density at radius 2 is 2.06 bits per heavy atom. The molecule has 1 aromatic rings. The fourth-order valence-corrected chi connectivity index (χ4v) is 2.38. The van der Waals surface area contributed by atoms with Gasteiger partial charge < -0.3 is 9.64 Å². The predicted octanol–water partition coefficient (Wildman–Crippen LogP) is 2.64. The summed E-state index contributed by atoms with van der Waals surface area (Å²) in [6.07, 6.45) is 0. The van der Waals surface area contributed by atoms with Crippen molar-refractivity contribution in [3.63, 3.8) is 0 Å². The Morgan fingerprint density at radius 1 is 1.35 bits per heavy atom. The van der Waals surface area contributed by atoms with Crippen LogP contribution < -0.4 is 0 Å². The summed E-state index contributed by atoms with van der Waals surface area (Å²) in [6, 6.07) is 8.14. The number of benzene rings is 1. The molecule has 0 bridgehead atoms. The summed E-state index contributed by atoms with van der Waals surface area (Å²) in [5.41, 5.74) is 2.09. The van der Waals surface area contributed by atoms with Gasteiger partial charge in [-0.1, -0.05) is 24.3 Å². The van der Waals surface area contributed by atoms with Crippen molar-refractivity contribution in [2.24, 2.45) is 0 Å². The van der Waals surface area contributed by atoms with Gasteiger partial charge in [0.15, 0.2) is 0 Å². The molecule has 0 unspecified atom stereocenters. The summed E-state index contributed by atoms with van der Waals surface area (Å²) in [5, 5.41) is 8.17. The van der Waals surface area contributed by atoms with E-state index in [0.29, 0.717) is 12.4 Å². The van der Waals surface area contributed by atoms with Crippen molar-refractivity contribution in [1.29, 1.82) is 5.41 Å². The number of ether oxygens (including phenoxy) is 1. The van der Waals surface area contributed by atoms with Crippen LogP contribution >= 0.6 is 0 Å². The molecule has 0 spiro atoms. The highest BCUT2D eigenvalue weighted by Crippen LogP contribution is 2.24. The molecule has 1 aliphatic rings. The zero-order valence-electron chi connectivity index (χ0n) is 10.8. The third-order valence-electron chi connectivity index (χ3n) is 3.06. The molecule has 0 saturated heterocycles. The summed E-state index contributed by atoms with van der Waals surface area (Å²) in [7, 11) is 0. The molecule has 3 nitrogen and oxygen atoms in total. The van der Waals surface area contributed by atoms with Gasteiger partial charge in [-0.25, -0.2) is 0 Å². The van der Waals surface area contributed by atoms with Gasteiger partial charge in [0.2, 0.25) is 0 Å². The van der Waals surface area contributed by atoms with Gasteiger partial charge >= 0.3 is 0 Å². The van der Waals surface area contributed by atoms with Gasteiger partial charge in [0.25, 0.3) is 0 Å². The summed E-state index contributed by atoms with van der Waals surface area (Å²) in [5.74, 6) is 0.619. The largest absolute Gasteiger partial charge is 0.374 e. The minimum atomic E-state index is -0.205. The van der Waals surface area contributed by atoms with Crippen LogP contribution in [0, 0.1) is 5.41 Å². The lowest BCUT2D eigenvalue weighted by Crippen LogP contribution is -2.40. The van der Waals surface area contributed by atoms with E-state index in [-0.39, 0.29) is 5.60 Å². The monoisotopic (exact) mass is 232 g/mol. The lowest BCUT2D eigenvalue weighted by molar-refractivity contribution is -0.0234. The first kappa shape index (κ1) is 12.1. The molecule has 1 heterocycles. The molecule has 92 valence electrons. The molecule has 17 heavy (non-hydrogen) atoms. The van der Waals surface area contributed by atoms with Crippen molar-refractivity contribution >= 4 is 5.84 Å². The van der Waals surface area contributed by atoms with E-state index < -0.39 is 0 Å². The molecule has 0 aliphatic carbocycles. The Bertz CT molecular complexity index is 426.